The highest BCUT2D eigenvalue weighted by atomic mass is 16.2. The average Bonchev–Trinajstić information content (AvgIpc) is 3.85. The molecule has 2 fully saturated rings. The van der Waals surface area contributed by atoms with E-state index in [0.717, 1.165) is 95.8 Å². The molecule has 1 atom stereocenters. The molecule has 8 rings (SSSR count). The number of fused-ring (bicyclic) bond motifs is 2. The van der Waals surface area contributed by atoms with Gasteiger partial charge in [-0.1, -0.05) is 42.5 Å². The number of likely N-dealkylation sites (N-methyl/N-ethyl adjacent to an activating group) is 1. The number of benzene rings is 3. The summed E-state index contributed by atoms with van der Waals surface area (Å²) in [5.41, 5.74) is 11.2. The molecule has 2 aromatic heterocycles. The third-order valence-corrected chi connectivity index (χ3v) is 10.1. The van der Waals surface area contributed by atoms with Gasteiger partial charge in [-0.25, -0.2) is 9.97 Å². The predicted octanol–water partition coefficient (Wildman–Crippen LogP) is 6.17. The SMILES string of the molecule is Cc1c(-c2ncnc3[nH]c(-c4ccc(C(=O)N5CCN(C)CC5)cc4)cc23)cccc1N1CCc2cc(C3CC3)ccc2C1C=O. The Hall–Kier alpha value is -4.82. The molecule has 2 aliphatic heterocycles. The van der Waals surface area contributed by atoms with Gasteiger partial charge in [-0.15, -0.1) is 0 Å². The van der Waals surface area contributed by atoms with Crippen molar-refractivity contribution in [2.75, 3.05) is 44.7 Å². The van der Waals surface area contributed by atoms with Gasteiger partial charge in [0.15, 0.2) is 0 Å². The number of piperazine rings is 1. The van der Waals surface area contributed by atoms with Crippen molar-refractivity contribution in [3.05, 3.63) is 101 Å². The maximum atomic E-state index is 13.1. The van der Waals surface area contributed by atoms with Crippen molar-refractivity contribution >= 4 is 28.9 Å². The lowest BCUT2D eigenvalue weighted by molar-refractivity contribution is -0.109. The zero-order valence-electron chi connectivity index (χ0n) is 26.4. The maximum absolute atomic E-state index is 13.1. The number of anilines is 1. The van der Waals surface area contributed by atoms with Gasteiger partial charge in [0.2, 0.25) is 0 Å². The van der Waals surface area contributed by atoms with E-state index >= 15 is 0 Å². The van der Waals surface area contributed by atoms with Crippen molar-refractivity contribution in [1.29, 1.82) is 0 Å². The van der Waals surface area contributed by atoms with Gasteiger partial charge < -0.3 is 24.5 Å². The lowest BCUT2D eigenvalue weighted by Gasteiger charge is -2.37. The first-order valence-corrected chi connectivity index (χ1v) is 16.3. The number of carbonyl (C=O) groups is 2. The number of carbonyl (C=O) groups excluding carboxylic acids is 2. The van der Waals surface area contributed by atoms with Gasteiger partial charge in [0.05, 0.1) is 5.69 Å². The highest BCUT2D eigenvalue weighted by molar-refractivity contribution is 5.97. The minimum atomic E-state index is -0.318. The summed E-state index contributed by atoms with van der Waals surface area (Å²) in [6.45, 7) is 6.21. The second-order valence-corrected chi connectivity index (χ2v) is 13.0. The Kier molecular flexibility index (Phi) is 7.17. The van der Waals surface area contributed by atoms with Crippen molar-refractivity contribution < 1.29 is 9.59 Å². The first-order valence-electron chi connectivity index (χ1n) is 16.3. The third kappa shape index (κ3) is 5.07. The molecule has 4 heterocycles. The molecule has 232 valence electrons. The van der Waals surface area contributed by atoms with Crippen molar-refractivity contribution in [2.24, 2.45) is 0 Å². The molecule has 5 aromatic rings. The summed E-state index contributed by atoms with van der Waals surface area (Å²) < 4.78 is 0. The second kappa shape index (κ2) is 11.5. The Labute approximate surface area is 269 Å². The monoisotopic (exact) mass is 610 g/mol. The topological polar surface area (TPSA) is 85.4 Å². The number of hydrogen-bond acceptors (Lipinski definition) is 6. The molecule has 8 heteroatoms. The molecule has 1 aliphatic carbocycles. The van der Waals surface area contributed by atoms with E-state index in [0.29, 0.717) is 11.5 Å². The fourth-order valence-electron chi connectivity index (χ4n) is 7.25. The number of hydrogen-bond donors (Lipinski definition) is 1. The van der Waals surface area contributed by atoms with Crippen LogP contribution in [0.5, 0.6) is 0 Å². The number of rotatable bonds is 6. The van der Waals surface area contributed by atoms with Crippen molar-refractivity contribution in [3.63, 3.8) is 0 Å². The van der Waals surface area contributed by atoms with E-state index in [9.17, 15) is 9.59 Å². The number of H-pyrrole nitrogens is 1. The van der Waals surface area contributed by atoms with Crippen LogP contribution >= 0.6 is 0 Å². The van der Waals surface area contributed by atoms with E-state index in [4.69, 9.17) is 4.98 Å². The van der Waals surface area contributed by atoms with Gasteiger partial charge in [0.1, 0.15) is 24.3 Å². The number of nitrogens with zero attached hydrogens (tertiary/aromatic N) is 5. The van der Waals surface area contributed by atoms with Gasteiger partial charge in [0.25, 0.3) is 5.91 Å². The minimum absolute atomic E-state index is 0.0804. The number of nitrogens with one attached hydrogen (secondary N) is 1. The molecule has 0 spiro atoms. The predicted molar refractivity (Wildman–Crippen MR) is 181 cm³/mol. The van der Waals surface area contributed by atoms with Gasteiger partial charge in [-0.3, -0.25) is 4.79 Å². The molecule has 1 unspecified atom stereocenters. The lowest BCUT2D eigenvalue weighted by atomic mass is 9.89. The normalized spacial score (nSPS) is 18.5. The average molecular weight is 611 g/mol. The van der Waals surface area contributed by atoms with Gasteiger partial charge in [0, 0.05) is 60.6 Å². The Balaban J connectivity index is 1.09. The maximum Gasteiger partial charge on any atom is 0.253 e. The number of aromatic amines is 1. The van der Waals surface area contributed by atoms with Crippen LogP contribution in [-0.4, -0.2) is 76.7 Å². The van der Waals surface area contributed by atoms with E-state index in [1.807, 2.05) is 29.2 Å². The summed E-state index contributed by atoms with van der Waals surface area (Å²) >= 11 is 0. The zero-order chi connectivity index (χ0) is 31.4. The van der Waals surface area contributed by atoms with Crippen LogP contribution < -0.4 is 4.90 Å². The fourth-order valence-corrected chi connectivity index (χ4v) is 7.25. The lowest BCUT2D eigenvalue weighted by Crippen LogP contribution is -2.47. The summed E-state index contributed by atoms with van der Waals surface area (Å²) in [6.07, 6.45) is 6.16. The van der Waals surface area contributed by atoms with Crippen LogP contribution in [0.4, 0.5) is 5.69 Å². The van der Waals surface area contributed by atoms with Crippen LogP contribution in [0.3, 0.4) is 0 Å². The van der Waals surface area contributed by atoms with Crippen LogP contribution in [-0.2, 0) is 11.2 Å². The molecule has 0 radical (unpaired) electrons. The summed E-state index contributed by atoms with van der Waals surface area (Å²) in [4.78, 5) is 44.9. The Bertz CT molecular complexity index is 1950. The summed E-state index contributed by atoms with van der Waals surface area (Å²) in [5, 5.41) is 0.930. The molecule has 1 saturated carbocycles. The molecular weight excluding hydrogens is 572 g/mol. The van der Waals surface area contributed by atoms with Gasteiger partial charge >= 0.3 is 0 Å². The summed E-state index contributed by atoms with van der Waals surface area (Å²) in [5.74, 6) is 0.781. The van der Waals surface area contributed by atoms with Crippen LogP contribution in [0, 0.1) is 6.92 Å². The van der Waals surface area contributed by atoms with Crippen molar-refractivity contribution in [2.45, 2.75) is 38.1 Å². The molecule has 46 heavy (non-hydrogen) atoms. The summed E-state index contributed by atoms with van der Waals surface area (Å²) in [6, 6.07) is 22.6. The summed E-state index contributed by atoms with van der Waals surface area (Å²) in [7, 11) is 2.09. The van der Waals surface area contributed by atoms with Crippen LogP contribution in [0.15, 0.2) is 73.1 Å². The Morgan fingerprint density at radius 1 is 0.935 bits per heavy atom. The smallest absolute Gasteiger partial charge is 0.253 e. The molecular formula is C38H38N6O2. The van der Waals surface area contributed by atoms with E-state index < -0.39 is 0 Å². The molecule has 3 aliphatic rings. The second-order valence-electron chi connectivity index (χ2n) is 13.0. The minimum Gasteiger partial charge on any atom is -0.357 e. The highest BCUT2D eigenvalue weighted by Crippen LogP contribution is 2.43. The molecule has 1 amide bonds. The van der Waals surface area contributed by atoms with Gasteiger partial charge in [-0.05, 0) is 91.2 Å². The number of amides is 1. The third-order valence-electron chi connectivity index (χ3n) is 10.1. The molecule has 8 nitrogen and oxygen atoms in total. The molecule has 0 bridgehead atoms. The molecule has 3 aromatic carbocycles. The standard InChI is InChI=1S/C38H38N6O2/c1-24-30(4-3-5-34(24)44-15-14-29-20-28(25-6-7-25)12-13-31(29)35(44)22-45)36-32-21-33(41-37(32)40-23-39-36)26-8-10-27(11-9-26)38(46)43-18-16-42(2)17-19-43/h3-5,8-13,20-23,25,35H,6-7,14-19H2,1-2H3,(H,39,40,41). The van der Waals surface area contributed by atoms with Crippen molar-refractivity contribution in [3.8, 4) is 22.5 Å². The van der Waals surface area contributed by atoms with Gasteiger partial charge in [-0.2, -0.15) is 0 Å². The Morgan fingerprint density at radius 3 is 2.50 bits per heavy atom. The van der Waals surface area contributed by atoms with Crippen LogP contribution in [0.1, 0.15) is 57.4 Å². The van der Waals surface area contributed by atoms with E-state index in [1.165, 1.54) is 24.0 Å². The van der Waals surface area contributed by atoms with E-state index in [1.54, 1.807) is 6.33 Å². The zero-order valence-corrected chi connectivity index (χ0v) is 26.4. The fraction of sp³-hybridized carbons (Fsp3) is 0.316. The van der Waals surface area contributed by atoms with E-state index in [2.05, 4.69) is 76.2 Å². The quantitative estimate of drug-likeness (QED) is 0.232. The first kappa shape index (κ1) is 28.6. The first-order chi connectivity index (χ1) is 22.5. The highest BCUT2D eigenvalue weighted by Gasteiger charge is 2.31. The molecule has 1 saturated heterocycles. The largest absolute Gasteiger partial charge is 0.357 e. The number of aldehydes is 1. The van der Waals surface area contributed by atoms with Crippen LogP contribution in [0.25, 0.3) is 33.5 Å². The van der Waals surface area contributed by atoms with Crippen LogP contribution in [0.2, 0.25) is 0 Å². The Morgan fingerprint density at radius 2 is 1.74 bits per heavy atom. The molecule has 1 N–H and O–H groups in total. The van der Waals surface area contributed by atoms with E-state index in [-0.39, 0.29) is 11.9 Å². The number of aromatic nitrogens is 3. The van der Waals surface area contributed by atoms with Crippen molar-refractivity contribution in [1.82, 2.24) is 24.8 Å².